The van der Waals surface area contributed by atoms with Gasteiger partial charge in [-0.15, -0.1) is 0 Å². The standard InChI is InChI=1S/C23H30N2/c1-8-10-15-23(5,6)20-14-13-17(3)18(4)21(20)24-22-19(9-2)12-11-16-25(22)7/h8,10-16H,1,9H2,2-7H3/p+1/b15-10-. The lowest BCUT2D eigenvalue weighted by Crippen LogP contribution is -2.33. The summed E-state index contributed by atoms with van der Waals surface area (Å²) >= 11 is 0. The molecule has 0 spiro atoms. The van der Waals surface area contributed by atoms with Crippen LogP contribution in [0.1, 0.15) is 43.0 Å². The lowest BCUT2D eigenvalue weighted by Gasteiger charge is -2.25. The third-order valence-corrected chi connectivity index (χ3v) is 4.97. The highest BCUT2D eigenvalue weighted by molar-refractivity contribution is 5.69. The lowest BCUT2D eigenvalue weighted by atomic mass is 9.81. The van der Waals surface area contributed by atoms with E-state index >= 15 is 0 Å². The molecule has 2 nitrogen and oxygen atoms in total. The van der Waals surface area contributed by atoms with Gasteiger partial charge >= 0.3 is 0 Å². The van der Waals surface area contributed by atoms with Crippen LogP contribution in [0.3, 0.4) is 0 Å². The Morgan fingerprint density at radius 3 is 2.56 bits per heavy atom. The Morgan fingerprint density at radius 1 is 1.20 bits per heavy atom. The fourth-order valence-electron chi connectivity index (χ4n) is 3.15. The third kappa shape index (κ3) is 4.01. The van der Waals surface area contributed by atoms with Crippen molar-refractivity contribution in [3.8, 4) is 0 Å². The number of aromatic nitrogens is 1. The van der Waals surface area contributed by atoms with E-state index in [1.54, 1.807) is 0 Å². The zero-order chi connectivity index (χ0) is 18.6. The van der Waals surface area contributed by atoms with Crippen LogP contribution in [0, 0.1) is 13.8 Å². The molecule has 0 aliphatic heterocycles. The van der Waals surface area contributed by atoms with E-state index in [4.69, 9.17) is 0 Å². The molecule has 132 valence electrons. The molecule has 0 amide bonds. The van der Waals surface area contributed by atoms with Gasteiger partial charge in [0, 0.05) is 16.5 Å². The van der Waals surface area contributed by atoms with E-state index in [0.717, 1.165) is 12.2 Å². The average Bonchev–Trinajstić information content (AvgIpc) is 2.58. The number of rotatable bonds is 6. The number of benzene rings is 1. The van der Waals surface area contributed by atoms with E-state index in [1.807, 2.05) is 12.2 Å². The molecule has 0 fully saturated rings. The monoisotopic (exact) mass is 335 g/mol. The molecule has 0 atom stereocenters. The smallest absolute Gasteiger partial charge is 0.240 e. The molecular formula is C23H31N2+. The fraction of sp³-hybridized carbons (Fsp3) is 0.348. The quantitative estimate of drug-likeness (QED) is 0.548. The van der Waals surface area contributed by atoms with Gasteiger partial charge in [-0.05, 0) is 43.5 Å². The predicted octanol–water partition coefficient (Wildman–Crippen LogP) is 5.45. The molecule has 0 saturated carbocycles. The Hall–Kier alpha value is -2.35. The van der Waals surface area contributed by atoms with Crippen molar-refractivity contribution in [1.82, 2.24) is 0 Å². The van der Waals surface area contributed by atoms with Crippen LogP contribution < -0.4 is 9.88 Å². The first-order valence-electron chi connectivity index (χ1n) is 8.97. The van der Waals surface area contributed by atoms with Crippen molar-refractivity contribution in [3.63, 3.8) is 0 Å². The van der Waals surface area contributed by atoms with Crippen LogP contribution >= 0.6 is 0 Å². The molecular weight excluding hydrogens is 304 g/mol. The SMILES string of the molecule is C=C/C=C\C(C)(C)c1ccc(C)c(C)c1Nc1c(CC)ccc[n+]1C. The summed E-state index contributed by atoms with van der Waals surface area (Å²) in [6, 6.07) is 8.75. The van der Waals surface area contributed by atoms with Crippen molar-refractivity contribution in [2.24, 2.45) is 7.05 Å². The zero-order valence-corrected chi connectivity index (χ0v) is 16.5. The average molecular weight is 336 g/mol. The predicted molar refractivity (Wildman–Crippen MR) is 109 cm³/mol. The van der Waals surface area contributed by atoms with Crippen molar-refractivity contribution >= 4 is 11.5 Å². The number of hydrogen-bond donors (Lipinski definition) is 1. The Morgan fingerprint density at radius 2 is 1.92 bits per heavy atom. The maximum atomic E-state index is 3.81. The number of allylic oxidation sites excluding steroid dienone is 3. The summed E-state index contributed by atoms with van der Waals surface area (Å²) in [5.74, 6) is 1.16. The molecule has 1 heterocycles. The number of pyridine rings is 1. The largest absolute Gasteiger partial charge is 0.282 e. The number of hydrogen-bond acceptors (Lipinski definition) is 1. The topological polar surface area (TPSA) is 15.9 Å². The van der Waals surface area contributed by atoms with Gasteiger partial charge in [-0.1, -0.05) is 57.7 Å². The van der Waals surface area contributed by atoms with Crippen LogP contribution in [-0.4, -0.2) is 0 Å². The highest BCUT2D eigenvalue weighted by atomic mass is 15.1. The highest BCUT2D eigenvalue weighted by Crippen LogP contribution is 2.36. The minimum atomic E-state index is -0.0886. The summed E-state index contributed by atoms with van der Waals surface area (Å²) in [5.41, 5.74) is 6.32. The summed E-state index contributed by atoms with van der Waals surface area (Å²) < 4.78 is 2.16. The second-order valence-corrected chi connectivity index (χ2v) is 7.22. The Kier molecular flexibility index (Phi) is 5.84. The molecule has 25 heavy (non-hydrogen) atoms. The third-order valence-electron chi connectivity index (χ3n) is 4.97. The second kappa shape index (κ2) is 7.69. The van der Waals surface area contributed by atoms with Crippen molar-refractivity contribution < 1.29 is 4.57 Å². The minimum absolute atomic E-state index is 0.0886. The number of nitrogens with zero attached hydrogens (tertiary/aromatic N) is 1. The fourth-order valence-corrected chi connectivity index (χ4v) is 3.15. The molecule has 1 aromatic heterocycles. The Balaban J connectivity index is 2.63. The van der Waals surface area contributed by atoms with E-state index in [2.05, 4.69) is 94.7 Å². The van der Waals surface area contributed by atoms with E-state index < -0.39 is 0 Å². The van der Waals surface area contributed by atoms with Crippen LogP contribution in [0.25, 0.3) is 0 Å². The molecule has 0 aliphatic rings. The van der Waals surface area contributed by atoms with Crippen LogP contribution in [0.2, 0.25) is 0 Å². The summed E-state index contributed by atoms with van der Waals surface area (Å²) in [5, 5.41) is 3.76. The van der Waals surface area contributed by atoms with Gasteiger partial charge in [0.25, 0.3) is 5.82 Å². The van der Waals surface area contributed by atoms with Crippen LogP contribution in [-0.2, 0) is 18.9 Å². The van der Waals surface area contributed by atoms with Gasteiger partial charge in [-0.25, -0.2) is 9.88 Å². The molecule has 0 saturated heterocycles. The van der Waals surface area contributed by atoms with E-state index in [0.29, 0.717) is 0 Å². The van der Waals surface area contributed by atoms with Crippen molar-refractivity contribution in [2.75, 3.05) is 5.32 Å². The molecule has 0 radical (unpaired) electrons. The lowest BCUT2D eigenvalue weighted by molar-refractivity contribution is -0.657. The Labute approximate surface area is 152 Å². The Bertz CT molecular complexity index is 798. The first-order chi connectivity index (χ1) is 11.8. The molecule has 1 N–H and O–H groups in total. The zero-order valence-electron chi connectivity index (χ0n) is 16.5. The maximum absolute atomic E-state index is 3.81. The second-order valence-electron chi connectivity index (χ2n) is 7.22. The van der Waals surface area contributed by atoms with Gasteiger partial charge in [-0.2, -0.15) is 0 Å². The molecule has 2 heteroatoms. The first kappa shape index (κ1) is 19.0. The van der Waals surface area contributed by atoms with Gasteiger partial charge < -0.3 is 0 Å². The number of aryl methyl sites for hydroxylation is 3. The summed E-state index contributed by atoms with van der Waals surface area (Å²) in [6.45, 7) is 14.9. The summed E-state index contributed by atoms with van der Waals surface area (Å²) in [6.07, 6.45) is 9.16. The van der Waals surface area contributed by atoms with Crippen LogP contribution in [0.15, 0.2) is 55.3 Å². The molecule has 0 aliphatic carbocycles. The van der Waals surface area contributed by atoms with Gasteiger partial charge in [-0.3, -0.25) is 0 Å². The van der Waals surface area contributed by atoms with E-state index in [1.165, 1.54) is 27.9 Å². The normalized spacial score (nSPS) is 11.8. The van der Waals surface area contributed by atoms with Crippen LogP contribution in [0.4, 0.5) is 11.5 Å². The van der Waals surface area contributed by atoms with Gasteiger partial charge in [0.05, 0.1) is 13.2 Å². The molecule has 1 aromatic carbocycles. The van der Waals surface area contributed by atoms with Crippen molar-refractivity contribution in [1.29, 1.82) is 0 Å². The van der Waals surface area contributed by atoms with E-state index in [9.17, 15) is 0 Å². The first-order valence-corrected chi connectivity index (χ1v) is 8.97. The number of anilines is 2. The molecule has 2 aromatic rings. The van der Waals surface area contributed by atoms with Gasteiger partial charge in [0.2, 0.25) is 0 Å². The molecule has 0 unspecified atom stereocenters. The summed E-state index contributed by atoms with van der Waals surface area (Å²) in [7, 11) is 2.09. The highest BCUT2D eigenvalue weighted by Gasteiger charge is 2.26. The summed E-state index contributed by atoms with van der Waals surface area (Å²) in [4.78, 5) is 0. The maximum Gasteiger partial charge on any atom is 0.282 e. The van der Waals surface area contributed by atoms with Crippen molar-refractivity contribution in [2.45, 2.75) is 46.5 Å². The minimum Gasteiger partial charge on any atom is -0.240 e. The van der Waals surface area contributed by atoms with Crippen molar-refractivity contribution in [3.05, 3.63) is 77.5 Å². The molecule has 0 bridgehead atoms. The number of nitrogens with one attached hydrogen (secondary N) is 1. The van der Waals surface area contributed by atoms with Crippen LogP contribution in [0.5, 0.6) is 0 Å². The van der Waals surface area contributed by atoms with E-state index in [-0.39, 0.29) is 5.41 Å². The van der Waals surface area contributed by atoms with Gasteiger partial charge in [0.15, 0.2) is 0 Å². The van der Waals surface area contributed by atoms with Gasteiger partial charge in [0.1, 0.15) is 5.69 Å². The molecule has 2 rings (SSSR count).